The molecule has 1 fully saturated rings. The summed E-state index contributed by atoms with van der Waals surface area (Å²) in [7, 11) is 1.59. The zero-order valence-electron chi connectivity index (χ0n) is 12.8. The third-order valence-electron chi connectivity index (χ3n) is 3.90. The third kappa shape index (κ3) is 3.20. The number of pyridine rings is 1. The highest BCUT2D eigenvalue weighted by atomic mass is 16.5. The topological polar surface area (TPSA) is 64.4 Å². The van der Waals surface area contributed by atoms with Gasteiger partial charge in [0.1, 0.15) is 12.4 Å². The zero-order valence-corrected chi connectivity index (χ0v) is 12.8. The van der Waals surface area contributed by atoms with Gasteiger partial charge in [-0.05, 0) is 49.4 Å². The molecule has 0 bridgehead atoms. The van der Waals surface area contributed by atoms with Crippen LogP contribution in [0.3, 0.4) is 0 Å². The van der Waals surface area contributed by atoms with Gasteiger partial charge in [-0.2, -0.15) is 0 Å². The van der Waals surface area contributed by atoms with Gasteiger partial charge in [-0.25, -0.2) is 0 Å². The van der Waals surface area contributed by atoms with Gasteiger partial charge in [0.25, 0.3) is 5.91 Å². The predicted octanol–water partition coefficient (Wildman–Crippen LogP) is 3.01. The van der Waals surface area contributed by atoms with Crippen molar-refractivity contribution in [1.29, 1.82) is 0 Å². The van der Waals surface area contributed by atoms with Crippen molar-refractivity contribution in [2.24, 2.45) is 5.92 Å². The van der Waals surface area contributed by atoms with Crippen LogP contribution in [0.4, 0.5) is 0 Å². The lowest BCUT2D eigenvalue weighted by molar-refractivity contribution is 0.0894. The SMILES string of the molecule is COCc1ccc(C(=O)N[C@H](c2ncccc2C)C2CC2)o1. The molecular formula is C17H20N2O3. The van der Waals surface area contributed by atoms with Crippen LogP contribution in [0.15, 0.2) is 34.9 Å². The van der Waals surface area contributed by atoms with Gasteiger partial charge in [0.2, 0.25) is 0 Å². The Morgan fingerprint density at radius 3 is 2.95 bits per heavy atom. The average molecular weight is 300 g/mol. The van der Waals surface area contributed by atoms with E-state index in [9.17, 15) is 4.79 Å². The second kappa shape index (κ2) is 6.32. The number of amides is 1. The van der Waals surface area contributed by atoms with Gasteiger partial charge in [0, 0.05) is 13.3 Å². The number of ether oxygens (including phenoxy) is 1. The lowest BCUT2D eigenvalue weighted by Crippen LogP contribution is -2.30. The number of carbonyl (C=O) groups excluding carboxylic acids is 1. The second-order valence-corrected chi connectivity index (χ2v) is 5.69. The van der Waals surface area contributed by atoms with Crippen molar-refractivity contribution < 1.29 is 13.9 Å². The van der Waals surface area contributed by atoms with Gasteiger partial charge >= 0.3 is 0 Å². The summed E-state index contributed by atoms with van der Waals surface area (Å²) in [6.45, 7) is 2.38. The molecule has 2 aromatic heterocycles. The molecule has 1 amide bonds. The van der Waals surface area contributed by atoms with Gasteiger partial charge in [0.05, 0.1) is 11.7 Å². The summed E-state index contributed by atoms with van der Waals surface area (Å²) >= 11 is 0. The minimum absolute atomic E-state index is 0.0512. The molecule has 1 saturated carbocycles. The molecule has 1 N–H and O–H groups in total. The van der Waals surface area contributed by atoms with Crippen molar-refractivity contribution in [1.82, 2.24) is 10.3 Å². The number of hydrogen-bond donors (Lipinski definition) is 1. The first-order valence-electron chi connectivity index (χ1n) is 7.49. The lowest BCUT2D eigenvalue weighted by Gasteiger charge is -2.18. The fourth-order valence-electron chi connectivity index (χ4n) is 2.59. The summed E-state index contributed by atoms with van der Waals surface area (Å²) < 4.78 is 10.5. The van der Waals surface area contributed by atoms with E-state index >= 15 is 0 Å². The van der Waals surface area contributed by atoms with Gasteiger partial charge in [0.15, 0.2) is 5.76 Å². The summed E-state index contributed by atoms with van der Waals surface area (Å²) in [4.78, 5) is 16.9. The van der Waals surface area contributed by atoms with E-state index in [2.05, 4.69) is 10.3 Å². The van der Waals surface area contributed by atoms with Crippen molar-refractivity contribution >= 4 is 5.91 Å². The first-order chi connectivity index (χ1) is 10.7. The Hall–Kier alpha value is -2.14. The minimum Gasteiger partial charge on any atom is -0.453 e. The largest absolute Gasteiger partial charge is 0.453 e. The molecule has 0 spiro atoms. The summed E-state index contributed by atoms with van der Waals surface area (Å²) in [5, 5.41) is 3.07. The van der Waals surface area contributed by atoms with Gasteiger partial charge in [-0.3, -0.25) is 9.78 Å². The average Bonchev–Trinajstić information content (AvgIpc) is 3.25. The normalized spacial score (nSPS) is 15.5. The number of rotatable bonds is 6. The third-order valence-corrected chi connectivity index (χ3v) is 3.90. The van der Waals surface area contributed by atoms with Crippen LogP contribution in [0.1, 0.15) is 46.5 Å². The molecule has 0 aromatic carbocycles. The molecule has 116 valence electrons. The van der Waals surface area contributed by atoms with Crippen molar-refractivity contribution in [3.63, 3.8) is 0 Å². The van der Waals surface area contributed by atoms with Gasteiger partial charge in [-0.15, -0.1) is 0 Å². The Kier molecular flexibility index (Phi) is 4.24. The summed E-state index contributed by atoms with van der Waals surface area (Å²) in [6.07, 6.45) is 4.01. The number of aromatic nitrogens is 1. The number of nitrogens with one attached hydrogen (secondary N) is 1. The quantitative estimate of drug-likeness (QED) is 0.890. The maximum Gasteiger partial charge on any atom is 0.287 e. The molecule has 0 saturated heterocycles. The Labute approximate surface area is 129 Å². The number of carbonyl (C=O) groups is 1. The van der Waals surface area contributed by atoms with Crippen LogP contribution < -0.4 is 5.32 Å². The van der Waals surface area contributed by atoms with Crippen LogP contribution in [0.5, 0.6) is 0 Å². The van der Waals surface area contributed by atoms with Crippen LogP contribution in [0, 0.1) is 12.8 Å². The van der Waals surface area contributed by atoms with Crippen molar-refractivity contribution in [2.75, 3.05) is 7.11 Å². The molecule has 0 aliphatic heterocycles. The molecule has 0 radical (unpaired) electrons. The predicted molar refractivity (Wildman–Crippen MR) is 81.3 cm³/mol. The molecule has 2 heterocycles. The molecule has 22 heavy (non-hydrogen) atoms. The molecule has 1 aliphatic rings. The maximum absolute atomic E-state index is 12.4. The van der Waals surface area contributed by atoms with Crippen LogP contribution >= 0.6 is 0 Å². The van der Waals surface area contributed by atoms with E-state index in [1.54, 1.807) is 25.4 Å². The molecule has 2 aromatic rings. The highest BCUT2D eigenvalue weighted by Gasteiger charge is 2.35. The molecule has 0 unspecified atom stereocenters. The monoisotopic (exact) mass is 300 g/mol. The van der Waals surface area contributed by atoms with E-state index in [1.165, 1.54) is 0 Å². The maximum atomic E-state index is 12.4. The second-order valence-electron chi connectivity index (χ2n) is 5.69. The van der Waals surface area contributed by atoms with Crippen molar-refractivity contribution in [3.8, 4) is 0 Å². The van der Waals surface area contributed by atoms with Gasteiger partial charge in [-0.1, -0.05) is 6.07 Å². The highest BCUT2D eigenvalue weighted by molar-refractivity contribution is 5.91. The van der Waals surface area contributed by atoms with E-state index < -0.39 is 0 Å². The van der Waals surface area contributed by atoms with E-state index in [0.717, 1.165) is 24.1 Å². The fourth-order valence-corrected chi connectivity index (χ4v) is 2.59. The van der Waals surface area contributed by atoms with Crippen LogP contribution in [0.25, 0.3) is 0 Å². The van der Waals surface area contributed by atoms with E-state index in [4.69, 9.17) is 9.15 Å². The minimum atomic E-state index is -0.204. The molecular weight excluding hydrogens is 280 g/mol. The van der Waals surface area contributed by atoms with Crippen molar-refractivity contribution in [2.45, 2.75) is 32.4 Å². The van der Waals surface area contributed by atoms with Crippen molar-refractivity contribution in [3.05, 3.63) is 53.2 Å². The van der Waals surface area contributed by atoms with Crippen LogP contribution in [0.2, 0.25) is 0 Å². The molecule has 1 aliphatic carbocycles. The molecule has 5 nitrogen and oxygen atoms in total. The van der Waals surface area contributed by atoms with Crippen LogP contribution in [-0.4, -0.2) is 18.0 Å². The highest BCUT2D eigenvalue weighted by Crippen LogP contribution is 2.41. The first kappa shape index (κ1) is 14.8. The summed E-state index contributed by atoms with van der Waals surface area (Å²) in [5.74, 6) is 1.21. The first-order valence-corrected chi connectivity index (χ1v) is 7.49. The Bertz CT molecular complexity index is 661. The Morgan fingerprint density at radius 1 is 1.45 bits per heavy atom. The van der Waals surface area contributed by atoms with E-state index in [1.807, 2.05) is 19.1 Å². The number of aryl methyl sites for hydroxylation is 1. The number of nitrogens with zero attached hydrogens (tertiary/aromatic N) is 1. The number of hydrogen-bond acceptors (Lipinski definition) is 4. The van der Waals surface area contributed by atoms with E-state index in [0.29, 0.717) is 24.0 Å². The summed E-state index contributed by atoms with van der Waals surface area (Å²) in [6, 6.07) is 7.32. The number of furan rings is 1. The molecule has 5 heteroatoms. The standard InChI is InChI=1S/C17H20N2O3/c1-11-4-3-9-18-15(11)16(12-5-6-12)19-17(20)14-8-7-13(22-14)10-21-2/h3-4,7-9,12,16H,5-6,10H2,1-2H3,(H,19,20)/t16-/m0/s1. The molecule has 3 rings (SSSR count). The van der Waals surface area contributed by atoms with E-state index in [-0.39, 0.29) is 11.9 Å². The Balaban J connectivity index is 1.76. The lowest BCUT2D eigenvalue weighted by atomic mass is 10.0. The number of methoxy groups -OCH3 is 1. The van der Waals surface area contributed by atoms with Gasteiger partial charge < -0.3 is 14.5 Å². The van der Waals surface area contributed by atoms with Crippen LogP contribution in [-0.2, 0) is 11.3 Å². The molecule has 1 atom stereocenters. The fraction of sp³-hybridized carbons (Fsp3) is 0.412. The smallest absolute Gasteiger partial charge is 0.287 e. The Morgan fingerprint density at radius 2 is 2.27 bits per heavy atom. The summed E-state index contributed by atoms with van der Waals surface area (Å²) in [5.41, 5.74) is 2.04. The zero-order chi connectivity index (χ0) is 15.5.